The number of rotatable bonds is 5. The van der Waals surface area contributed by atoms with Gasteiger partial charge in [0.25, 0.3) is 0 Å². The molecule has 0 spiro atoms. The normalized spacial score (nSPS) is 21.4. The van der Waals surface area contributed by atoms with Gasteiger partial charge in [-0.15, -0.1) is 0 Å². The van der Waals surface area contributed by atoms with Crippen molar-refractivity contribution >= 4 is 0 Å². The van der Waals surface area contributed by atoms with Crippen LogP contribution in [0.15, 0.2) is 35.1 Å². The number of aryl methyl sites for hydroxylation is 1. The first kappa shape index (κ1) is 13.4. The van der Waals surface area contributed by atoms with Gasteiger partial charge in [-0.25, -0.2) is 0 Å². The largest absolute Gasteiger partial charge is 0.467 e. The average Bonchev–Trinajstić information content (AvgIpc) is 3.14. The van der Waals surface area contributed by atoms with Gasteiger partial charge >= 0.3 is 0 Å². The molecule has 0 bridgehead atoms. The lowest BCUT2D eigenvalue weighted by atomic mass is 10.1. The topological polar surface area (TPSA) is 54.4 Å². The van der Waals surface area contributed by atoms with E-state index in [-0.39, 0.29) is 0 Å². The first-order valence-electron chi connectivity index (χ1n) is 7.16. The van der Waals surface area contributed by atoms with Crippen LogP contribution in [0.2, 0.25) is 0 Å². The summed E-state index contributed by atoms with van der Waals surface area (Å²) < 4.78 is 7.20. The van der Waals surface area contributed by atoms with E-state index in [1.54, 1.807) is 6.26 Å². The second-order valence-electron chi connectivity index (χ2n) is 5.48. The van der Waals surface area contributed by atoms with Crippen LogP contribution >= 0.6 is 0 Å². The van der Waals surface area contributed by atoms with Gasteiger partial charge in [-0.2, -0.15) is 5.10 Å². The predicted molar refractivity (Wildman–Crippen MR) is 74.9 cm³/mol. The van der Waals surface area contributed by atoms with Crippen LogP contribution in [0.4, 0.5) is 0 Å². The fourth-order valence-corrected chi connectivity index (χ4v) is 2.99. The SMILES string of the molecule is Cn1nccc1CN1CCCC1CC(O)c1ccco1. The molecule has 3 heterocycles. The highest BCUT2D eigenvalue weighted by molar-refractivity contribution is 5.04. The van der Waals surface area contributed by atoms with Gasteiger partial charge in [0.2, 0.25) is 0 Å². The fourth-order valence-electron chi connectivity index (χ4n) is 2.99. The van der Waals surface area contributed by atoms with Crippen molar-refractivity contribution in [2.45, 2.75) is 38.0 Å². The molecule has 2 aromatic rings. The van der Waals surface area contributed by atoms with E-state index < -0.39 is 6.10 Å². The molecular weight excluding hydrogens is 254 g/mol. The molecule has 2 aromatic heterocycles. The van der Waals surface area contributed by atoms with E-state index in [4.69, 9.17) is 4.42 Å². The van der Waals surface area contributed by atoms with Crippen LogP contribution in [-0.4, -0.2) is 32.4 Å². The molecular formula is C15H21N3O2. The molecule has 0 amide bonds. The first-order chi connectivity index (χ1) is 9.74. The quantitative estimate of drug-likeness (QED) is 0.908. The molecule has 0 aromatic carbocycles. The summed E-state index contributed by atoms with van der Waals surface area (Å²) in [5.41, 5.74) is 1.21. The molecule has 3 rings (SSSR count). The first-order valence-corrected chi connectivity index (χ1v) is 7.16. The molecule has 5 heteroatoms. The highest BCUT2D eigenvalue weighted by atomic mass is 16.4. The Balaban J connectivity index is 1.62. The minimum absolute atomic E-state index is 0.407. The Morgan fingerprint density at radius 3 is 3.10 bits per heavy atom. The number of hydrogen-bond donors (Lipinski definition) is 1. The lowest BCUT2D eigenvalue weighted by Gasteiger charge is -2.25. The average molecular weight is 275 g/mol. The maximum absolute atomic E-state index is 10.2. The van der Waals surface area contributed by atoms with Crippen LogP contribution in [-0.2, 0) is 13.6 Å². The molecule has 5 nitrogen and oxygen atoms in total. The van der Waals surface area contributed by atoms with E-state index in [1.807, 2.05) is 30.1 Å². The lowest BCUT2D eigenvalue weighted by molar-refractivity contribution is 0.0987. The molecule has 1 saturated heterocycles. The molecule has 1 aliphatic heterocycles. The van der Waals surface area contributed by atoms with E-state index in [0.29, 0.717) is 11.8 Å². The smallest absolute Gasteiger partial charge is 0.132 e. The minimum Gasteiger partial charge on any atom is -0.467 e. The minimum atomic E-state index is -0.512. The van der Waals surface area contributed by atoms with Crippen molar-refractivity contribution in [2.24, 2.45) is 7.05 Å². The number of hydrogen-bond acceptors (Lipinski definition) is 4. The highest BCUT2D eigenvalue weighted by Gasteiger charge is 2.28. The lowest BCUT2D eigenvalue weighted by Crippen LogP contribution is -2.31. The van der Waals surface area contributed by atoms with Gasteiger partial charge in [0, 0.05) is 25.8 Å². The van der Waals surface area contributed by atoms with E-state index >= 15 is 0 Å². The summed E-state index contributed by atoms with van der Waals surface area (Å²) in [5, 5.41) is 14.4. The van der Waals surface area contributed by atoms with Gasteiger partial charge in [0.1, 0.15) is 11.9 Å². The molecule has 1 fully saturated rings. The fraction of sp³-hybridized carbons (Fsp3) is 0.533. The van der Waals surface area contributed by atoms with Crippen LogP contribution in [0, 0.1) is 0 Å². The summed E-state index contributed by atoms with van der Waals surface area (Å²) >= 11 is 0. The Hall–Kier alpha value is -1.59. The third-order valence-electron chi connectivity index (χ3n) is 4.15. The van der Waals surface area contributed by atoms with Gasteiger partial charge in [-0.05, 0) is 44.0 Å². The van der Waals surface area contributed by atoms with Crippen molar-refractivity contribution in [1.29, 1.82) is 0 Å². The van der Waals surface area contributed by atoms with Crippen molar-refractivity contribution in [3.8, 4) is 0 Å². The van der Waals surface area contributed by atoms with E-state index in [1.165, 1.54) is 12.1 Å². The van der Waals surface area contributed by atoms with Crippen LogP contribution in [0.5, 0.6) is 0 Å². The Morgan fingerprint density at radius 1 is 1.50 bits per heavy atom. The van der Waals surface area contributed by atoms with Gasteiger partial charge in [0.05, 0.1) is 12.0 Å². The number of likely N-dealkylation sites (tertiary alicyclic amines) is 1. The summed E-state index contributed by atoms with van der Waals surface area (Å²) in [6, 6.07) is 6.12. The van der Waals surface area contributed by atoms with Gasteiger partial charge < -0.3 is 9.52 Å². The molecule has 0 aliphatic carbocycles. The van der Waals surface area contributed by atoms with Gasteiger partial charge in [-0.1, -0.05) is 0 Å². The molecule has 0 saturated carbocycles. The Bertz CT molecular complexity index is 535. The Kier molecular flexibility index (Phi) is 3.89. The zero-order valence-corrected chi connectivity index (χ0v) is 11.8. The highest BCUT2D eigenvalue weighted by Crippen LogP contribution is 2.28. The van der Waals surface area contributed by atoms with Crippen molar-refractivity contribution in [3.63, 3.8) is 0 Å². The molecule has 1 aliphatic rings. The van der Waals surface area contributed by atoms with Crippen molar-refractivity contribution < 1.29 is 9.52 Å². The number of furan rings is 1. The van der Waals surface area contributed by atoms with Gasteiger partial charge in [0.15, 0.2) is 0 Å². The molecule has 2 atom stereocenters. The standard InChI is InChI=1S/C15H21N3O2/c1-17-13(6-7-16-17)11-18-8-2-4-12(18)10-14(19)15-5-3-9-20-15/h3,5-7,9,12,14,19H,2,4,8,10-11H2,1H3. The zero-order chi connectivity index (χ0) is 13.9. The van der Waals surface area contributed by atoms with E-state index in [9.17, 15) is 5.11 Å². The summed E-state index contributed by atoms with van der Waals surface area (Å²) in [7, 11) is 1.97. The zero-order valence-electron chi connectivity index (χ0n) is 11.8. The van der Waals surface area contributed by atoms with Crippen LogP contribution in [0.25, 0.3) is 0 Å². The second-order valence-corrected chi connectivity index (χ2v) is 5.48. The Labute approximate surface area is 118 Å². The van der Waals surface area contributed by atoms with Crippen molar-refractivity contribution in [3.05, 3.63) is 42.1 Å². The van der Waals surface area contributed by atoms with E-state index in [2.05, 4.69) is 16.1 Å². The third-order valence-corrected chi connectivity index (χ3v) is 4.15. The number of aromatic nitrogens is 2. The monoisotopic (exact) mass is 275 g/mol. The van der Waals surface area contributed by atoms with Crippen LogP contribution in [0.1, 0.15) is 36.8 Å². The summed E-state index contributed by atoms with van der Waals surface area (Å²) in [5.74, 6) is 0.664. The summed E-state index contributed by atoms with van der Waals surface area (Å²) in [6.07, 6.45) is 5.98. The second kappa shape index (κ2) is 5.81. The van der Waals surface area contributed by atoms with Crippen molar-refractivity contribution in [2.75, 3.05) is 6.54 Å². The molecule has 2 unspecified atom stereocenters. The maximum Gasteiger partial charge on any atom is 0.132 e. The summed E-state index contributed by atoms with van der Waals surface area (Å²) in [4.78, 5) is 2.43. The van der Waals surface area contributed by atoms with E-state index in [0.717, 1.165) is 25.9 Å². The molecule has 0 radical (unpaired) electrons. The number of aliphatic hydroxyl groups is 1. The van der Waals surface area contributed by atoms with Gasteiger partial charge in [-0.3, -0.25) is 9.58 Å². The third kappa shape index (κ3) is 2.78. The number of nitrogens with zero attached hydrogens (tertiary/aromatic N) is 3. The number of aliphatic hydroxyl groups excluding tert-OH is 1. The summed E-state index contributed by atoms with van der Waals surface area (Å²) in [6.45, 7) is 1.98. The van der Waals surface area contributed by atoms with Crippen LogP contribution in [0.3, 0.4) is 0 Å². The maximum atomic E-state index is 10.2. The molecule has 20 heavy (non-hydrogen) atoms. The molecule has 108 valence electrons. The van der Waals surface area contributed by atoms with Crippen LogP contribution < -0.4 is 0 Å². The van der Waals surface area contributed by atoms with Crippen molar-refractivity contribution in [1.82, 2.24) is 14.7 Å². The molecule has 1 N–H and O–H groups in total. The predicted octanol–water partition coefficient (Wildman–Crippen LogP) is 2.10. The Morgan fingerprint density at radius 2 is 2.40 bits per heavy atom.